The molecule has 0 spiro atoms. The van der Waals surface area contributed by atoms with Crippen LogP contribution in [0.4, 0.5) is 22.0 Å². The van der Waals surface area contributed by atoms with E-state index in [9.17, 15) is 22.0 Å². The van der Waals surface area contributed by atoms with E-state index in [1.54, 1.807) is 0 Å². The summed E-state index contributed by atoms with van der Waals surface area (Å²) >= 11 is 5.87. The third kappa shape index (κ3) is 4.47. The van der Waals surface area contributed by atoms with Gasteiger partial charge in [0.25, 0.3) is 5.92 Å². The predicted octanol–water partition coefficient (Wildman–Crippen LogP) is 4.59. The van der Waals surface area contributed by atoms with Crippen molar-refractivity contribution < 1.29 is 22.0 Å². The fraction of sp³-hybridized carbons (Fsp3) is 0.235. The number of benzene rings is 1. The Morgan fingerprint density at radius 1 is 1.04 bits per heavy atom. The second-order valence-corrected chi connectivity index (χ2v) is 5.69. The summed E-state index contributed by atoms with van der Waals surface area (Å²) in [5.41, 5.74) is 4.40. The summed E-state index contributed by atoms with van der Waals surface area (Å²) < 4.78 is 65.1. The fourth-order valence-corrected chi connectivity index (χ4v) is 2.19. The minimum Gasteiger partial charge on any atom is -0.323 e. The second-order valence-electron chi connectivity index (χ2n) is 5.29. The molecule has 2 aromatic rings. The zero-order chi connectivity index (χ0) is 18.8. The summed E-state index contributed by atoms with van der Waals surface area (Å²) in [5.74, 6) is 1.94. The molecule has 132 valence electrons. The Bertz CT molecular complexity index is 818. The number of halogens is 6. The maximum atomic E-state index is 13.9. The molecule has 8 heteroatoms. The van der Waals surface area contributed by atoms with Crippen molar-refractivity contribution in [2.75, 3.05) is 0 Å². The molecule has 1 unspecified atom stereocenters. The molecule has 1 atom stereocenters. The van der Waals surface area contributed by atoms with Gasteiger partial charge < -0.3 is 5.73 Å². The van der Waals surface area contributed by atoms with Gasteiger partial charge in [-0.05, 0) is 31.2 Å². The second kappa shape index (κ2) is 6.98. The molecule has 1 aromatic carbocycles. The molecule has 0 saturated heterocycles. The van der Waals surface area contributed by atoms with Crippen molar-refractivity contribution in [3.05, 3.63) is 63.9 Å². The number of nitrogens with zero attached hydrogens (tertiary/aromatic N) is 1. The van der Waals surface area contributed by atoms with Crippen LogP contribution >= 0.6 is 11.6 Å². The van der Waals surface area contributed by atoms with Crippen molar-refractivity contribution in [2.45, 2.75) is 25.1 Å². The molecule has 1 heterocycles. The van der Waals surface area contributed by atoms with Crippen molar-refractivity contribution in [3.8, 4) is 11.8 Å². The molecule has 2 N–H and O–H groups in total. The summed E-state index contributed by atoms with van der Waals surface area (Å²) in [6, 6.07) is 4.27. The third-order valence-corrected chi connectivity index (χ3v) is 3.62. The number of pyridine rings is 1. The van der Waals surface area contributed by atoms with E-state index in [-0.39, 0.29) is 10.6 Å². The molecule has 0 aliphatic carbocycles. The van der Waals surface area contributed by atoms with E-state index in [0.717, 1.165) is 18.3 Å². The minimum absolute atomic E-state index is 0.195. The predicted molar refractivity (Wildman–Crippen MR) is 84.2 cm³/mol. The Balaban J connectivity index is 2.25. The first-order valence-corrected chi connectivity index (χ1v) is 7.38. The van der Waals surface area contributed by atoms with Crippen LogP contribution in [0.3, 0.4) is 0 Å². The molecule has 0 bridgehead atoms. The molecule has 0 aliphatic heterocycles. The van der Waals surface area contributed by atoms with Gasteiger partial charge in [-0.3, -0.25) is 4.98 Å². The van der Waals surface area contributed by atoms with E-state index in [1.165, 1.54) is 25.1 Å². The zero-order valence-corrected chi connectivity index (χ0v) is 13.6. The SMILES string of the molecule is CC(N)C(F)(F)c1ccc(C#Cc2ccc(C(F)(F)F)nc2)cc1Cl. The molecule has 0 fully saturated rings. The lowest BCUT2D eigenvalue weighted by atomic mass is 10.0. The average molecular weight is 375 g/mol. The van der Waals surface area contributed by atoms with E-state index in [0.29, 0.717) is 5.56 Å². The van der Waals surface area contributed by atoms with Gasteiger partial charge in [0.15, 0.2) is 0 Å². The normalized spacial score (nSPS) is 13.1. The Labute approximate surface area is 145 Å². The molecule has 0 saturated carbocycles. The van der Waals surface area contributed by atoms with Crippen molar-refractivity contribution in [3.63, 3.8) is 0 Å². The number of hydrogen-bond acceptors (Lipinski definition) is 2. The van der Waals surface area contributed by atoms with Crippen LogP contribution in [-0.2, 0) is 12.1 Å². The molecule has 0 amide bonds. The molecule has 0 radical (unpaired) electrons. The smallest absolute Gasteiger partial charge is 0.323 e. The summed E-state index contributed by atoms with van der Waals surface area (Å²) in [4.78, 5) is 3.28. The lowest BCUT2D eigenvalue weighted by Crippen LogP contribution is -2.36. The van der Waals surface area contributed by atoms with Crippen molar-refractivity contribution in [1.82, 2.24) is 4.98 Å². The van der Waals surface area contributed by atoms with Gasteiger partial charge in [0.2, 0.25) is 0 Å². The summed E-state index contributed by atoms with van der Waals surface area (Å²) in [5, 5.41) is -0.195. The highest BCUT2D eigenvalue weighted by Crippen LogP contribution is 2.35. The summed E-state index contributed by atoms with van der Waals surface area (Å²) in [6.45, 7) is 1.17. The van der Waals surface area contributed by atoms with Gasteiger partial charge >= 0.3 is 6.18 Å². The number of hydrogen-bond donors (Lipinski definition) is 1. The fourth-order valence-electron chi connectivity index (χ4n) is 1.89. The Morgan fingerprint density at radius 2 is 1.64 bits per heavy atom. The number of aromatic nitrogens is 1. The Morgan fingerprint density at radius 3 is 2.12 bits per heavy atom. The summed E-state index contributed by atoms with van der Waals surface area (Å²) in [7, 11) is 0. The Hall–Kier alpha value is -2.17. The monoisotopic (exact) mass is 374 g/mol. The van der Waals surface area contributed by atoms with E-state index < -0.39 is 29.4 Å². The average Bonchev–Trinajstić information content (AvgIpc) is 2.52. The van der Waals surface area contributed by atoms with Crippen LogP contribution in [0.1, 0.15) is 29.3 Å². The molecule has 25 heavy (non-hydrogen) atoms. The third-order valence-electron chi connectivity index (χ3n) is 3.31. The number of nitrogens with two attached hydrogens (primary N) is 1. The largest absolute Gasteiger partial charge is 0.433 e. The van der Waals surface area contributed by atoms with Crippen LogP contribution < -0.4 is 5.73 Å². The van der Waals surface area contributed by atoms with Gasteiger partial charge in [0, 0.05) is 22.9 Å². The molecule has 2 nitrogen and oxygen atoms in total. The first kappa shape index (κ1) is 19.2. The van der Waals surface area contributed by atoms with Crippen molar-refractivity contribution >= 4 is 11.6 Å². The van der Waals surface area contributed by atoms with E-state index in [4.69, 9.17) is 17.3 Å². The number of alkyl halides is 5. The molecule has 1 aromatic heterocycles. The Kier molecular flexibility index (Phi) is 5.35. The standard InChI is InChI=1S/C17H12ClF5N2/c1-10(24)16(19,20)13-6-4-11(8-14(13)18)2-3-12-5-7-15(25-9-12)17(21,22)23/h4-10H,24H2,1H3. The van der Waals surface area contributed by atoms with Gasteiger partial charge in [-0.1, -0.05) is 29.5 Å². The van der Waals surface area contributed by atoms with Gasteiger partial charge in [-0.25, -0.2) is 0 Å². The number of rotatable bonds is 2. The quantitative estimate of drug-likeness (QED) is 0.616. The van der Waals surface area contributed by atoms with Crippen LogP contribution in [0.15, 0.2) is 36.5 Å². The zero-order valence-electron chi connectivity index (χ0n) is 12.8. The van der Waals surface area contributed by atoms with Crippen LogP contribution in [0.5, 0.6) is 0 Å². The molecular formula is C17H12ClF5N2. The highest BCUT2D eigenvalue weighted by molar-refractivity contribution is 6.31. The van der Waals surface area contributed by atoms with Gasteiger partial charge in [0.1, 0.15) is 5.69 Å². The first-order chi connectivity index (χ1) is 11.5. The van der Waals surface area contributed by atoms with Crippen molar-refractivity contribution in [2.24, 2.45) is 5.73 Å². The van der Waals surface area contributed by atoms with E-state index in [1.807, 2.05) is 0 Å². The molecule has 0 aliphatic rings. The maximum absolute atomic E-state index is 13.9. The minimum atomic E-state index is -4.53. The lowest BCUT2D eigenvalue weighted by Gasteiger charge is -2.21. The first-order valence-electron chi connectivity index (χ1n) is 7.00. The van der Waals surface area contributed by atoms with Crippen LogP contribution in [0, 0.1) is 11.8 Å². The highest BCUT2D eigenvalue weighted by Gasteiger charge is 2.38. The van der Waals surface area contributed by atoms with E-state index >= 15 is 0 Å². The van der Waals surface area contributed by atoms with E-state index in [2.05, 4.69) is 16.8 Å². The van der Waals surface area contributed by atoms with Gasteiger partial charge in [0.05, 0.1) is 11.1 Å². The molecule has 2 rings (SSSR count). The maximum Gasteiger partial charge on any atom is 0.433 e. The van der Waals surface area contributed by atoms with Crippen LogP contribution in [0.25, 0.3) is 0 Å². The van der Waals surface area contributed by atoms with Crippen LogP contribution in [-0.4, -0.2) is 11.0 Å². The topological polar surface area (TPSA) is 38.9 Å². The van der Waals surface area contributed by atoms with Crippen LogP contribution in [0.2, 0.25) is 5.02 Å². The lowest BCUT2D eigenvalue weighted by molar-refractivity contribution is -0.141. The molecular weight excluding hydrogens is 363 g/mol. The van der Waals surface area contributed by atoms with Gasteiger partial charge in [-0.2, -0.15) is 22.0 Å². The van der Waals surface area contributed by atoms with Gasteiger partial charge in [-0.15, -0.1) is 0 Å². The highest BCUT2D eigenvalue weighted by atomic mass is 35.5. The van der Waals surface area contributed by atoms with Crippen molar-refractivity contribution in [1.29, 1.82) is 0 Å². The summed E-state index contributed by atoms with van der Waals surface area (Å²) in [6.07, 6.45) is -3.54.